The number of carbonyl (C=O) groups excluding carboxylic acids is 2. The lowest BCUT2D eigenvalue weighted by atomic mass is 10.1. The van der Waals surface area contributed by atoms with Crippen LogP contribution in [0.3, 0.4) is 0 Å². The first-order valence-electron chi connectivity index (χ1n) is 9.97. The Bertz CT molecular complexity index is 995. The normalized spacial score (nSPS) is 15.3. The van der Waals surface area contributed by atoms with Gasteiger partial charge in [-0.2, -0.15) is 0 Å². The Morgan fingerprint density at radius 1 is 1.06 bits per heavy atom. The Morgan fingerprint density at radius 3 is 2.32 bits per heavy atom. The summed E-state index contributed by atoms with van der Waals surface area (Å²) in [7, 11) is 1.61. The molecule has 0 spiro atoms. The number of allylic oxidation sites excluding steroid dienone is 1. The molecule has 4 N–H and O–H groups in total. The SMILES string of the molecule is COc1ccc(CNC(=O)NC2NC(C)=C(C(=O)Nc3c(C)cc(C)cc3C)S2)cc1. The third kappa shape index (κ3) is 5.73. The Hall–Kier alpha value is -3.13. The van der Waals surface area contributed by atoms with Gasteiger partial charge >= 0.3 is 6.03 Å². The van der Waals surface area contributed by atoms with Crippen LogP contribution in [-0.4, -0.2) is 24.5 Å². The van der Waals surface area contributed by atoms with Gasteiger partial charge in [0, 0.05) is 17.9 Å². The molecule has 0 aliphatic carbocycles. The van der Waals surface area contributed by atoms with E-state index < -0.39 is 5.50 Å². The summed E-state index contributed by atoms with van der Waals surface area (Å²) in [6.07, 6.45) is 0. The van der Waals surface area contributed by atoms with Gasteiger partial charge in [-0.1, -0.05) is 41.6 Å². The Balaban J connectivity index is 1.53. The van der Waals surface area contributed by atoms with Crippen LogP contribution in [-0.2, 0) is 11.3 Å². The van der Waals surface area contributed by atoms with Crippen LogP contribution >= 0.6 is 11.8 Å². The highest BCUT2D eigenvalue weighted by atomic mass is 32.2. The number of methoxy groups -OCH3 is 1. The molecule has 164 valence electrons. The zero-order valence-electron chi connectivity index (χ0n) is 18.4. The van der Waals surface area contributed by atoms with E-state index in [2.05, 4.69) is 21.3 Å². The summed E-state index contributed by atoms with van der Waals surface area (Å²) in [5, 5.41) is 11.8. The molecule has 2 aromatic carbocycles. The van der Waals surface area contributed by atoms with Crippen molar-refractivity contribution in [2.45, 2.75) is 39.7 Å². The zero-order chi connectivity index (χ0) is 22.5. The molecule has 0 bridgehead atoms. The molecule has 2 aromatic rings. The fourth-order valence-corrected chi connectivity index (χ4v) is 4.46. The van der Waals surface area contributed by atoms with Crippen LogP contribution in [0.2, 0.25) is 0 Å². The van der Waals surface area contributed by atoms with Crippen LogP contribution < -0.4 is 26.0 Å². The predicted octanol–water partition coefficient (Wildman–Crippen LogP) is 3.91. The van der Waals surface area contributed by atoms with Crippen molar-refractivity contribution in [3.63, 3.8) is 0 Å². The molecule has 7 nitrogen and oxygen atoms in total. The van der Waals surface area contributed by atoms with Crippen molar-refractivity contribution < 1.29 is 14.3 Å². The Kier molecular flexibility index (Phi) is 7.12. The van der Waals surface area contributed by atoms with Crippen LogP contribution in [0.15, 0.2) is 47.0 Å². The molecular formula is C23H28N4O3S. The highest BCUT2D eigenvalue weighted by Gasteiger charge is 2.28. The Morgan fingerprint density at radius 2 is 1.71 bits per heavy atom. The summed E-state index contributed by atoms with van der Waals surface area (Å²) in [5.74, 6) is 0.580. The smallest absolute Gasteiger partial charge is 0.317 e. The second-order valence-corrected chi connectivity index (χ2v) is 8.61. The minimum absolute atomic E-state index is 0.187. The van der Waals surface area contributed by atoms with E-state index in [4.69, 9.17) is 4.74 Å². The van der Waals surface area contributed by atoms with Crippen molar-refractivity contribution in [2.75, 3.05) is 12.4 Å². The van der Waals surface area contributed by atoms with E-state index in [1.807, 2.05) is 64.1 Å². The summed E-state index contributed by atoms with van der Waals surface area (Å²) >= 11 is 1.28. The molecule has 3 rings (SSSR count). The summed E-state index contributed by atoms with van der Waals surface area (Å²) in [5.41, 5.74) is 5.29. The van der Waals surface area contributed by atoms with Crippen LogP contribution in [0, 0.1) is 20.8 Å². The molecule has 3 amide bonds. The molecule has 0 saturated heterocycles. The van der Waals surface area contributed by atoms with Gasteiger partial charge in [-0.3, -0.25) is 4.79 Å². The maximum absolute atomic E-state index is 12.8. The van der Waals surface area contributed by atoms with Crippen molar-refractivity contribution in [2.24, 2.45) is 0 Å². The monoisotopic (exact) mass is 440 g/mol. The largest absolute Gasteiger partial charge is 0.497 e. The van der Waals surface area contributed by atoms with E-state index in [9.17, 15) is 9.59 Å². The average Bonchev–Trinajstić information content (AvgIpc) is 3.09. The van der Waals surface area contributed by atoms with E-state index in [0.717, 1.165) is 39.4 Å². The van der Waals surface area contributed by atoms with Gasteiger partial charge in [-0.05, 0) is 56.5 Å². The molecular weight excluding hydrogens is 412 g/mol. The minimum atomic E-state index is -0.420. The number of benzene rings is 2. The fourth-order valence-electron chi connectivity index (χ4n) is 3.43. The number of amides is 3. The number of nitrogens with one attached hydrogen (secondary N) is 4. The van der Waals surface area contributed by atoms with Gasteiger partial charge in [-0.15, -0.1) is 0 Å². The highest BCUT2D eigenvalue weighted by Crippen LogP contribution is 2.31. The van der Waals surface area contributed by atoms with Crippen LogP contribution in [0.5, 0.6) is 5.75 Å². The number of anilines is 1. The molecule has 1 atom stereocenters. The van der Waals surface area contributed by atoms with E-state index in [1.54, 1.807) is 7.11 Å². The summed E-state index contributed by atoms with van der Waals surface area (Å²) in [6, 6.07) is 11.2. The zero-order valence-corrected chi connectivity index (χ0v) is 19.2. The van der Waals surface area contributed by atoms with Crippen molar-refractivity contribution in [3.8, 4) is 5.75 Å². The van der Waals surface area contributed by atoms with Gasteiger partial charge in [0.15, 0.2) is 5.50 Å². The van der Waals surface area contributed by atoms with Crippen molar-refractivity contribution in [3.05, 3.63) is 69.3 Å². The van der Waals surface area contributed by atoms with Gasteiger partial charge in [0.1, 0.15) is 5.75 Å². The number of thioether (sulfide) groups is 1. The third-order valence-electron chi connectivity index (χ3n) is 4.92. The molecule has 8 heteroatoms. The molecule has 1 aliphatic heterocycles. The maximum atomic E-state index is 12.8. The van der Waals surface area contributed by atoms with Crippen LogP contribution in [0.1, 0.15) is 29.2 Å². The van der Waals surface area contributed by atoms with E-state index >= 15 is 0 Å². The van der Waals surface area contributed by atoms with Gasteiger partial charge in [0.05, 0.1) is 12.0 Å². The first-order chi connectivity index (χ1) is 14.8. The molecule has 1 unspecified atom stereocenters. The summed E-state index contributed by atoms with van der Waals surface area (Å²) in [4.78, 5) is 25.7. The molecule has 1 aliphatic rings. The maximum Gasteiger partial charge on any atom is 0.317 e. The topological polar surface area (TPSA) is 91.5 Å². The quantitative estimate of drug-likeness (QED) is 0.547. The predicted molar refractivity (Wildman–Crippen MR) is 125 cm³/mol. The van der Waals surface area contributed by atoms with Crippen molar-refractivity contribution in [1.82, 2.24) is 16.0 Å². The number of rotatable bonds is 6. The number of urea groups is 1. The first-order valence-corrected chi connectivity index (χ1v) is 10.9. The highest BCUT2D eigenvalue weighted by molar-refractivity contribution is 8.04. The second kappa shape index (κ2) is 9.78. The second-order valence-electron chi connectivity index (χ2n) is 7.50. The van der Waals surface area contributed by atoms with E-state index in [1.165, 1.54) is 11.8 Å². The van der Waals surface area contributed by atoms with E-state index in [0.29, 0.717) is 11.4 Å². The van der Waals surface area contributed by atoms with Gasteiger partial charge < -0.3 is 26.0 Å². The minimum Gasteiger partial charge on any atom is -0.497 e. The van der Waals surface area contributed by atoms with Crippen LogP contribution in [0.4, 0.5) is 10.5 Å². The molecule has 0 fully saturated rings. The summed E-state index contributed by atoms with van der Waals surface area (Å²) < 4.78 is 5.13. The number of aryl methyl sites for hydroxylation is 3. The number of hydrogen-bond acceptors (Lipinski definition) is 5. The average molecular weight is 441 g/mol. The number of carbonyl (C=O) groups is 2. The molecule has 0 saturated carbocycles. The fraction of sp³-hybridized carbons (Fsp3) is 0.304. The lowest BCUT2D eigenvalue weighted by Crippen LogP contribution is -2.44. The third-order valence-corrected chi connectivity index (χ3v) is 6.12. The Labute approximate surface area is 187 Å². The summed E-state index contributed by atoms with van der Waals surface area (Å²) in [6.45, 7) is 8.21. The van der Waals surface area contributed by atoms with Gasteiger partial charge in [-0.25, -0.2) is 4.79 Å². The van der Waals surface area contributed by atoms with E-state index in [-0.39, 0.29) is 11.9 Å². The van der Waals surface area contributed by atoms with Crippen LogP contribution in [0.25, 0.3) is 0 Å². The lowest BCUT2D eigenvalue weighted by Gasteiger charge is -2.15. The van der Waals surface area contributed by atoms with Crippen molar-refractivity contribution in [1.29, 1.82) is 0 Å². The van der Waals surface area contributed by atoms with Crippen molar-refractivity contribution >= 4 is 29.4 Å². The molecule has 31 heavy (non-hydrogen) atoms. The number of hydrogen-bond donors (Lipinski definition) is 4. The molecule has 1 heterocycles. The van der Waals surface area contributed by atoms with Gasteiger partial charge in [0.25, 0.3) is 5.91 Å². The molecule has 0 aromatic heterocycles. The molecule has 0 radical (unpaired) electrons. The lowest BCUT2D eigenvalue weighted by molar-refractivity contribution is -0.112. The van der Waals surface area contributed by atoms with Gasteiger partial charge in [0.2, 0.25) is 0 Å². The first kappa shape index (κ1) is 22.6. The standard InChI is InChI=1S/C23H28N4O3S/c1-13-10-14(2)19(15(3)11-13)26-21(28)20-16(4)25-23(31-20)27-22(29)24-12-17-6-8-18(30-5)9-7-17/h6-11,23,25H,12H2,1-5H3,(H,26,28)(H2,24,27,29). The number of ether oxygens (including phenoxy) is 1.